The molecule has 0 aromatic carbocycles. The maximum Gasteiger partial charge on any atom is 0.272 e. The molecule has 0 saturated heterocycles. The van der Waals surface area contributed by atoms with Gasteiger partial charge < -0.3 is 5.32 Å². The van der Waals surface area contributed by atoms with Gasteiger partial charge in [-0.1, -0.05) is 13.3 Å². The number of carbonyl (C=O) groups is 1. The predicted molar refractivity (Wildman–Crippen MR) is 70.3 cm³/mol. The molecule has 5 heteroatoms. The SMILES string of the molecule is CCSC1CCCC1NC(=O)c1cc(C)[nH]n1. The van der Waals surface area contributed by atoms with E-state index in [0.717, 1.165) is 17.9 Å². The van der Waals surface area contributed by atoms with Crippen LogP contribution in [0.25, 0.3) is 0 Å². The third-order valence-electron chi connectivity index (χ3n) is 3.09. The number of carbonyl (C=O) groups excluding carboxylic acids is 1. The van der Waals surface area contributed by atoms with E-state index >= 15 is 0 Å². The summed E-state index contributed by atoms with van der Waals surface area (Å²) in [5.41, 5.74) is 1.41. The predicted octanol–water partition coefficient (Wildman–Crippen LogP) is 2.12. The van der Waals surface area contributed by atoms with Crippen LogP contribution in [0.15, 0.2) is 6.07 Å². The minimum absolute atomic E-state index is 0.0528. The number of nitrogens with one attached hydrogen (secondary N) is 2. The van der Waals surface area contributed by atoms with Gasteiger partial charge in [-0.25, -0.2) is 0 Å². The second-order valence-corrected chi connectivity index (χ2v) is 5.96. The van der Waals surface area contributed by atoms with Crippen LogP contribution in [0.3, 0.4) is 0 Å². The van der Waals surface area contributed by atoms with Crippen molar-refractivity contribution in [3.8, 4) is 0 Å². The zero-order chi connectivity index (χ0) is 12.3. The smallest absolute Gasteiger partial charge is 0.272 e. The van der Waals surface area contributed by atoms with Gasteiger partial charge in [-0.3, -0.25) is 9.89 Å². The number of hydrogen-bond donors (Lipinski definition) is 2. The highest BCUT2D eigenvalue weighted by Crippen LogP contribution is 2.29. The highest BCUT2D eigenvalue weighted by molar-refractivity contribution is 7.99. The van der Waals surface area contributed by atoms with Crippen LogP contribution in [0.2, 0.25) is 0 Å². The lowest BCUT2D eigenvalue weighted by molar-refractivity contribution is 0.0933. The Morgan fingerprint density at radius 2 is 2.47 bits per heavy atom. The Labute approximate surface area is 106 Å². The van der Waals surface area contributed by atoms with Gasteiger partial charge in [0.1, 0.15) is 5.69 Å². The fourth-order valence-corrected chi connectivity index (χ4v) is 3.48. The number of aryl methyl sites for hydroxylation is 1. The average molecular weight is 253 g/mol. The summed E-state index contributed by atoms with van der Waals surface area (Å²) in [7, 11) is 0. The lowest BCUT2D eigenvalue weighted by Crippen LogP contribution is -2.39. The summed E-state index contributed by atoms with van der Waals surface area (Å²) in [6, 6.07) is 2.09. The molecule has 0 radical (unpaired) electrons. The zero-order valence-corrected chi connectivity index (χ0v) is 11.1. The van der Waals surface area contributed by atoms with Gasteiger partial charge in [0.25, 0.3) is 5.91 Å². The Hall–Kier alpha value is -0.970. The molecule has 1 aliphatic carbocycles. The van der Waals surface area contributed by atoms with Gasteiger partial charge in [-0.2, -0.15) is 16.9 Å². The van der Waals surface area contributed by atoms with Crippen LogP contribution >= 0.6 is 11.8 Å². The molecule has 4 nitrogen and oxygen atoms in total. The third-order valence-corrected chi connectivity index (χ3v) is 4.41. The highest BCUT2D eigenvalue weighted by Gasteiger charge is 2.29. The molecule has 1 aliphatic rings. The molecule has 0 aliphatic heterocycles. The largest absolute Gasteiger partial charge is 0.347 e. The standard InChI is InChI=1S/C12H19N3OS/c1-3-17-11-6-4-5-9(11)13-12(16)10-7-8(2)14-15-10/h7,9,11H,3-6H2,1-2H3,(H,13,16)(H,14,15). The van der Waals surface area contributed by atoms with Crippen molar-refractivity contribution in [1.29, 1.82) is 0 Å². The molecule has 1 heterocycles. The van der Waals surface area contributed by atoms with Gasteiger partial charge in [0, 0.05) is 17.0 Å². The molecular weight excluding hydrogens is 234 g/mol. The van der Waals surface area contributed by atoms with E-state index in [2.05, 4.69) is 22.4 Å². The Balaban J connectivity index is 1.94. The minimum atomic E-state index is -0.0528. The topological polar surface area (TPSA) is 57.8 Å². The quantitative estimate of drug-likeness (QED) is 0.864. The highest BCUT2D eigenvalue weighted by atomic mass is 32.2. The number of rotatable bonds is 4. The summed E-state index contributed by atoms with van der Waals surface area (Å²) in [4.78, 5) is 12.0. The Bertz CT molecular complexity index is 391. The van der Waals surface area contributed by atoms with Crippen molar-refractivity contribution >= 4 is 17.7 Å². The Kier molecular flexibility index (Phi) is 4.10. The maximum absolute atomic E-state index is 12.0. The molecule has 2 N–H and O–H groups in total. The van der Waals surface area contributed by atoms with E-state index < -0.39 is 0 Å². The molecule has 1 aromatic rings. The van der Waals surface area contributed by atoms with E-state index in [0.29, 0.717) is 17.0 Å². The number of thioether (sulfide) groups is 1. The third kappa shape index (κ3) is 3.03. The molecule has 2 rings (SSSR count). The molecule has 1 fully saturated rings. The number of aromatic amines is 1. The van der Waals surface area contributed by atoms with Crippen molar-refractivity contribution in [2.45, 2.75) is 44.4 Å². The Morgan fingerprint density at radius 1 is 1.65 bits per heavy atom. The summed E-state index contributed by atoms with van der Waals surface area (Å²) in [5.74, 6) is 1.06. The fraction of sp³-hybridized carbons (Fsp3) is 0.667. The van der Waals surface area contributed by atoms with Gasteiger partial charge >= 0.3 is 0 Å². The number of nitrogens with zero attached hydrogens (tertiary/aromatic N) is 1. The number of H-pyrrole nitrogens is 1. The van der Waals surface area contributed by atoms with Crippen LogP contribution in [0, 0.1) is 6.92 Å². The fourth-order valence-electron chi connectivity index (χ4n) is 2.28. The number of aromatic nitrogens is 2. The molecule has 2 unspecified atom stereocenters. The van der Waals surface area contributed by atoms with Crippen molar-refractivity contribution < 1.29 is 4.79 Å². The summed E-state index contributed by atoms with van der Waals surface area (Å²) in [6.07, 6.45) is 3.51. The van der Waals surface area contributed by atoms with Crippen molar-refractivity contribution in [3.05, 3.63) is 17.5 Å². The average Bonchev–Trinajstić information content (AvgIpc) is 2.89. The van der Waals surface area contributed by atoms with Crippen LogP contribution in [0.5, 0.6) is 0 Å². The van der Waals surface area contributed by atoms with Crippen molar-refractivity contribution in [2.75, 3.05) is 5.75 Å². The first-order chi connectivity index (χ1) is 8.20. The molecular formula is C12H19N3OS. The summed E-state index contributed by atoms with van der Waals surface area (Å²) in [5, 5.41) is 10.5. The van der Waals surface area contributed by atoms with Crippen LogP contribution in [-0.2, 0) is 0 Å². The maximum atomic E-state index is 12.0. The molecule has 1 saturated carbocycles. The number of hydrogen-bond acceptors (Lipinski definition) is 3. The second-order valence-electron chi connectivity index (χ2n) is 4.44. The first-order valence-electron chi connectivity index (χ1n) is 6.15. The van der Waals surface area contributed by atoms with Crippen molar-refractivity contribution in [1.82, 2.24) is 15.5 Å². The molecule has 1 amide bonds. The Morgan fingerprint density at radius 3 is 3.12 bits per heavy atom. The zero-order valence-electron chi connectivity index (χ0n) is 10.3. The summed E-state index contributed by atoms with van der Waals surface area (Å²) in [6.45, 7) is 4.06. The van der Waals surface area contributed by atoms with E-state index in [9.17, 15) is 4.79 Å². The molecule has 17 heavy (non-hydrogen) atoms. The van der Waals surface area contributed by atoms with Gasteiger partial charge in [0.05, 0.1) is 0 Å². The molecule has 0 bridgehead atoms. The van der Waals surface area contributed by atoms with Crippen LogP contribution in [0.4, 0.5) is 0 Å². The monoisotopic (exact) mass is 253 g/mol. The first-order valence-corrected chi connectivity index (χ1v) is 7.20. The van der Waals surface area contributed by atoms with Gasteiger partial charge in [-0.15, -0.1) is 0 Å². The minimum Gasteiger partial charge on any atom is -0.347 e. The normalized spacial score (nSPS) is 23.9. The lowest BCUT2D eigenvalue weighted by Gasteiger charge is -2.19. The second kappa shape index (κ2) is 5.58. The van der Waals surface area contributed by atoms with E-state index in [4.69, 9.17) is 0 Å². The molecule has 0 spiro atoms. The van der Waals surface area contributed by atoms with Gasteiger partial charge in [0.15, 0.2) is 0 Å². The van der Waals surface area contributed by atoms with Crippen molar-refractivity contribution in [3.63, 3.8) is 0 Å². The lowest BCUT2D eigenvalue weighted by atomic mass is 10.2. The molecule has 1 aromatic heterocycles. The number of amides is 1. The van der Waals surface area contributed by atoms with E-state index in [-0.39, 0.29) is 5.91 Å². The van der Waals surface area contributed by atoms with E-state index in [1.807, 2.05) is 18.7 Å². The molecule has 94 valence electrons. The molecule has 2 atom stereocenters. The van der Waals surface area contributed by atoms with E-state index in [1.54, 1.807) is 6.07 Å². The van der Waals surface area contributed by atoms with Gasteiger partial charge in [-0.05, 0) is 31.6 Å². The van der Waals surface area contributed by atoms with Crippen molar-refractivity contribution in [2.24, 2.45) is 0 Å². The van der Waals surface area contributed by atoms with Crippen LogP contribution in [0.1, 0.15) is 42.4 Å². The first kappa shape index (κ1) is 12.5. The van der Waals surface area contributed by atoms with Gasteiger partial charge in [0.2, 0.25) is 0 Å². The summed E-state index contributed by atoms with van der Waals surface area (Å²) >= 11 is 1.95. The van der Waals surface area contributed by atoms with Crippen LogP contribution < -0.4 is 5.32 Å². The summed E-state index contributed by atoms with van der Waals surface area (Å²) < 4.78 is 0. The van der Waals surface area contributed by atoms with Crippen LogP contribution in [-0.4, -0.2) is 33.1 Å². The van der Waals surface area contributed by atoms with E-state index in [1.165, 1.54) is 12.8 Å².